The van der Waals surface area contributed by atoms with Gasteiger partial charge in [-0.25, -0.2) is 0 Å². The minimum absolute atomic E-state index is 0.620. The molecular weight excluding hydrogens is 423 g/mol. The summed E-state index contributed by atoms with van der Waals surface area (Å²) in [5, 5.41) is 0. The zero-order valence-electron chi connectivity index (χ0n) is 19.9. The molecule has 5 nitrogen and oxygen atoms in total. The number of ether oxygens (including phenoxy) is 2. The third kappa shape index (κ3) is 11.1. The Morgan fingerprint density at radius 3 is 1.31 bits per heavy atom. The van der Waals surface area contributed by atoms with E-state index in [0.29, 0.717) is 18.1 Å². The third-order valence-electron chi connectivity index (χ3n) is 5.17. The first-order chi connectivity index (χ1) is 15.7. The van der Waals surface area contributed by atoms with E-state index in [1.165, 1.54) is 57.8 Å². The SMILES string of the molecule is CCCCCCCCCCCCOP(Oc1ccc(OC)cc1)Oc1ccc(OC)cc1. The highest BCUT2D eigenvalue weighted by Gasteiger charge is 2.17. The quantitative estimate of drug-likeness (QED) is 0.165. The number of hydrogen-bond donors (Lipinski definition) is 0. The van der Waals surface area contributed by atoms with Gasteiger partial charge in [-0.3, -0.25) is 4.52 Å². The highest BCUT2D eigenvalue weighted by Crippen LogP contribution is 2.42. The highest BCUT2D eigenvalue weighted by molar-refractivity contribution is 7.42. The zero-order valence-corrected chi connectivity index (χ0v) is 20.8. The maximum absolute atomic E-state index is 6.00. The molecule has 0 radical (unpaired) electrons. The van der Waals surface area contributed by atoms with Crippen LogP contribution < -0.4 is 18.5 Å². The summed E-state index contributed by atoms with van der Waals surface area (Å²) in [6, 6.07) is 14.9. The lowest BCUT2D eigenvalue weighted by atomic mass is 10.1. The summed E-state index contributed by atoms with van der Waals surface area (Å²) in [4.78, 5) is 0. The van der Waals surface area contributed by atoms with Crippen LogP contribution >= 0.6 is 8.60 Å². The molecule has 0 amide bonds. The Morgan fingerprint density at radius 1 is 0.531 bits per heavy atom. The van der Waals surface area contributed by atoms with Crippen molar-refractivity contribution in [3.63, 3.8) is 0 Å². The van der Waals surface area contributed by atoms with Crippen molar-refractivity contribution >= 4 is 8.60 Å². The molecule has 2 rings (SSSR count). The van der Waals surface area contributed by atoms with Gasteiger partial charge in [-0.1, -0.05) is 64.7 Å². The van der Waals surface area contributed by atoms with E-state index in [0.717, 1.165) is 17.9 Å². The lowest BCUT2D eigenvalue weighted by Gasteiger charge is -2.18. The molecule has 0 heterocycles. The summed E-state index contributed by atoms with van der Waals surface area (Å²) < 4.78 is 28.4. The maximum Gasteiger partial charge on any atom is 0.463 e. The van der Waals surface area contributed by atoms with E-state index in [9.17, 15) is 0 Å². The third-order valence-corrected chi connectivity index (χ3v) is 6.29. The Morgan fingerprint density at radius 2 is 0.906 bits per heavy atom. The van der Waals surface area contributed by atoms with Crippen LogP contribution in [0.3, 0.4) is 0 Å². The Kier molecular flexibility index (Phi) is 13.7. The second-order valence-electron chi connectivity index (χ2n) is 7.77. The summed E-state index contributed by atoms with van der Waals surface area (Å²) >= 11 is 0. The molecule has 0 atom stereocenters. The molecule has 0 N–H and O–H groups in total. The van der Waals surface area contributed by atoms with Crippen molar-refractivity contribution in [2.24, 2.45) is 0 Å². The van der Waals surface area contributed by atoms with E-state index in [1.54, 1.807) is 14.2 Å². The topological polar surface area (TPSA) is 46.2 Å². The van der Waals surface area contributed by atoms with Gasteiger partial charge in [0.25, 0.3) is 0 Å². The molecule has 0 saturated heterocycles. The molecule has 0 fully saturated rings. The molecule has 0 aliphatic carbocycles. The average Bonchev–Trinajstić information content (AvgIpc) is 2.83. The van der Waals surface area contributed by atoms with Gasteiger partial charge in [0.15, 0.2) is 0 Å². The number of hydrogen-bond acceptors (Lipinski definition) is 5. The largest absolute Gasteiger partial charge is 0.497 e. The zero-order chi connectivity index (χ0) is 22.9. The van der Waals surface area contributed by atoms with Crippen molar-refractivity contribution in [2.75, 3.05) is 20.8 Å². The van der Waals surface area contributed by atoms with Gasteiger partial charge >= 0.3 is 8.60 Å². The lowest BCUT2D eigenvalue weighted by Crippen LogP contribution is -2.01. The molecule has 6 heteroatoms. The van der Waals surface area contributed by atoms with Gasteiger partial charge in [-0.15, -0.1) is 0 Å². The summed E-state index contributed by atoms with van der Waals surface area (Å²) in [7, 11) is 1.73. The molecule has 0 unspecified atom stereocenters. The molecule has 0 aliphatic heterocycles. The average molecular weight is 463 g/mol. The van der Waals surface area contributed by atoms with Gasteiger partial charge < -0.3 is 18.5 Å². The number of unbranched alkanes of at least 4 members (excludes halogenated alkanes) is 9. The Bertz CT molecular complexity index is 656. The predicted octanol–water partition coefficient (Wildman–Crippen LogP) is 8.33. The fraction of sp³-hybridized carbons (Fsp3) is 0.538. The van der Waals surface area contributed by atoms with E-state index in [-0.39, 0.29) is 0 Å². The Hall–Kier alpha value is -1.97. The summed E-state index contributed by atoms with van der Waals surface area (Å²) in [6.07, 6.45) is 12.9. The summed E-state index contributed by atoms with van der Waals surface area (Å²) in [5.74, 6) is 2.94. The van der Waals surface area contributed by atoms with Gasteiger partial charge in [-0.2, -0.15) is 0 Å². The second-order valence-corrected chi connectivity index (χ2v) is 8.84. The van der Waals surface area contributed by atoms with Crippen LogP contribution in [0.2, 0.25) is 0 Å². The molecule has 0 aromatic heterocycles. The minimum atomic E-state index is -1.56. The minimum Gasteiger partial charge on any atom is -0.497 e. The van der Waals surface area contributed by atoms with Crippen LogP contribution in [-0.2, 0) is 4.52 Å². The van der Waals surface area contributed by atoms with Crippen molar-refractivity contribution in [3.8, 4) is 23.0 Å². The van der Waals surface area contributed by atoms with Crippen LogP contribution in [0, 0.1) is 0 Å². The van der Waals surface area contributed by atoms with Crippen molar-refractivity contribution in [3.05, 3.63) is 48.5 Å². The Balaban J connectivity index is 1.74. The molecule has 32 heavy (non-hydrogen) atoms. The summed E-state index contributed by atoms with van der Waals surface area (Å²) in [6.45, 7) is 2.88. The highest BCUT2D eigenvalue weighted by atomic mass is 31.2. The van der Waals surface area contributed by atoms with E-state index >= 15 is 0 Å². The molecule has 0 saturated carbocycles. The summed E-state index contributed by atoms with van der Waals surface area (Å²) in [5.41, 5.74) is 0. The maximum atomic E-state index is 6.00. The van der Waals surface area contributed by atoms with Gasteiger partial charge in [0.1, 0.15) is 23.0 Å². The molecule has 2 aromatic carbocycles. The first kappa shape index (κ1) is 26.3. The number of methoxy groups -OCH3 is 2. The predicted molar refractivity (Wildman–Crippen MR) is 132 cm³/mol. The van der Waals surface area contributed by atoms with E-state index in [4.69, 9.17) is 23.0 Å². The van der Waals surface area contributed by atoms with E-state index in [2.05, 4.69) is 6.92 Å². The number of rotatable bonds is 18. The first-order valence-electron chi connectivity index (χ1n) is 11.8. The molecule has 0 bridgehead atoms. The van der Waals surface area contributed by atoms with Gasteiger partial charge in [-0.05, 0) is 55.0 Å². The molecule has 178 valence electrons. The van der Waals surface area contributed by atoms with E-state index < -0.39 is 8.60 Å². The molecule has 0 aliphatic rings. The van der Waals surface area contributed by atoms with Gasteiger partial charge in [0.05, 0.1) is 20.8 Å². The van der Waals surface area contributed by atoms with Crippen molar-refractivity contribution in [1.29, 1.82) is 0 Å². The van der Waals surface area contributed by atoms with Crippen LogP contribution in [0.15, 0.2) is 48.5 Å². The molecular formula is C26H39O5P. The normalized spacial score (nSPS) is 10.9. The van der Waals surface area contributed by atoms with Crippen molar-refractivity contribution in [1.82, 2.24) is 0 Å². The molecule has 2 aromatic rings. The van der Waals surface area contributed by atoms with Crippen molar-refractivity contribution in [2.45, 2.75) is 71.1 Å². The monoisotopic (exact) mass is 462 g/mol. The fourth-order valence-electron chi connectivity index (χ4n) is 3.25. The van der Waals surface area contributed by atoms with Gasteiger partial charge in [0, 0.05) is 0 Å². The van der Waals surface area contributed by atoms with Crippen LogP contribution in [-0.4, -0.2) is 20.8 Å². The van der Waals surface area contributed by atoms with Gasteiger partial charge in [0.2, 0.25) is 0 Å². The van der Waals surface area contributed by atoms with Crippen LogP contribution in [0.4, 0.5) is 0 Å². The fourth-order valence-corrected chi connectivity index (χ4v) is 4.25. The second kappa shape index (κ2) is 16.6. The number of benzene rings is 2. The smallest absolute Gasteiger partial charge is 0.463 e. The van der Waals surface area contributed by atoms with Crippen molar-refractivity contribution < 1.29 is 23.0 Å². The standard InChI is InChI=1S/C26H39O5P/c1-4-5-6-7-8-9-10-11-12-13-22-29-32(30-25-18-14-23(27-2)15-19-25)31-26-20-16-24(28-3)17-21-26/h14-21H,4-13,22H2,1-3H3. The van der Waals surface area contributed by atoms with Crippen LogP contribution in [0.5, 0.6) is 23.0 Å². The molecule has 0 spiro atoms. The van der Waals surface area contributed by atoms with E-state index in [1.807, 2.05) is 48.5 Å². The lowest BCUT2D eigenvalue weighted by molar-refractivity contribution is 0.258. The first-order valence-corrected chi connectivity index (χ1v) is 12.9. The Labute approximate surface area is 195 Å². The van der Waals surface area contributed by atoms with Crippen LogP contribution in [0.1, 0.15) is 71.1 Å². The van der Waals surface area contributed by atoms with Crippen LogP contribution in [0.25, 0.3) is 0 Å².